The molecule has 0 aliphatic carbocycles. The fourth-order valence-corrected chi connectivity index (χ4v) is 3.27. The number of hydrogen-bond acceptors (Lipinski definition) is 4. The molecule has 0 fully saturated rings. The summed E-state index contributed by atoms with van der Waals surface area (Å²) in [5, 5.41) is 2.93. The number of carbonyl (C=O) groups is 1. The first kappa shape index (κ1) is 17.9. The molecule has 0 atom stereocenters. The largest absolute Gasteiger partial charge is 0.346 e. The highest BCUT2D eigenvalue weighted by Crippen LogP contribution is 2.24. The van der Waals surface area contributed by atoms with Crippen LogP contribution >= 0.6 is 0 Å². The number of fused-ring (bicyclic) bond motifs is 1. The van der Waals surface area contributed by atoms with Crippen LogP contribution < -0.4 is 5.32 Å². The smallest absolute Gasteiger partial charge is 0.272 e. The first-order chi connectivity index (χ1) is 13.5. The molecule has 0 aromatic carbocycles. The zero-order valence-corrected chi connectivity index (χ0v) is 16.1. The molecule has 7 nitrogen and oxygen atoms in total. The van der Waals surface area contributed by atoms with E-state index in [0.29, 0.717) is 24.1 Å². The van der Waals surface area contributed by atoms with Crippen LogP contribution in [0.25, 0.3) is 17.0 Å². The summed E-state index contributed by atoms with van der Waals surface area (Å²) in [6.07, 6.45) is 7.33. The van der Waals surface area contributed by atoms with Gasteiger partial charge in [-0.25, -0.2) is 9.97 Å². The van der Waals surface area contributed by atoms with Crippen molar-refractivity contribution in [3.8, 4) is 11.5 Å². The highest BCUT2D eigenvalue weighted by molar-refractivity contribution is 5.99. The van der Waals surface area contributed by atoms with E-state index >= 15 is 0 Å². The zero-order chi connectivity index (χ0) is 19.7. The van der Waals surface area contributed by atoms with Crippen molar-refractivity contribution >= 4 is 11.4 Å². The molecule has 1 amide bonds. The number of amides is 1. The second-order valence-electron chi connectivity index (χ2n) is 6.96. The van der Waals surface area contributed by atoms with Crippen molar-refractivity contribution in [1.82, 2.24) is 29.2 Å². The molecular formula is C21H22N6O. The van der Waals surface area contributed by atoms with Gasteiger partial charge in [0.05, 0.1) is 5.52 Å². The maximum Gasteiger partial charge on any atom is 0.272 e. The van der Waals surface area contributed by atoms with Crippen molar-refractivity contribution in [2.24, 2.45) is 0 Å². The first-order valence-electron chi connectivity index (χ1n) is 9.24. The fourth-order valence-electron chi connectivity index (χ4n) is 3.27. The minimum absolute atomic E-state index is 0.223. The number of carbonyl (C=O) groups excluding carboxylic acids is 1. The Labute approximate surface area is 163 Å². The van der Waals surface area contributed by atoms with Crippen LogP contribution in [0.5, 0.6) is 0 Å². The van der Waals surface area contributed by atoms with Crippen LogP contribution in [0, 0.1) is 6.92 Å². The Morgan fingerprint density at radius 1 is 1.18 bits per heavy atom. The van der Waals surface area contributed by atoms with Gasteiger partial charge in [0.2, 0.25) is 0 Å². The summed E-state index contributed by atoms with van der Waals surface area (Å²) in [4.78, 5) is 26.2. The van der Waals surface area contributed by atoms with Crippen LogP contribution in [-0.2, 0) is 6.54 Å². The van der Waals surface area contributed by atoms with Crippen molar-refractivity contribution in [1.29, 1.82) is 0 Å². The van der Waals surface area contributed by atoms with E-state index in [2.05, 4.69) is 38.7 Å². The minimum atomic E-state index is -0.223. The number of rotatable bonds is 5. The average Bonchev–Trinajstić information content (AvgIpc) is 3.28. The molecule has 4 rings (SSSR count). The molecule has 0 bridgehead atoms. The predicted octanol–water partition coefficient (Wildman–Crippen LogP) is 3.41. The SMILES string of the molecule is Cc1nc(-c2nc(C(=O)NCc3cccnc3)c3ccccn23)cn1C(C)C. The van der Waals surface area contributed by atoms with Crippen LogP contribution in [0.4, 0.5) is 0 Å². The van der Waals surface area contributed by atoms with Gasteiger partial charge in [-0.2, -0.15) is 0 Å². The van der Waals surface area contributed by atoms with Crippen molar-refractivity contribution in [3.63, 3.8) is 0 Å². The molecule has 0 aliphatic heterocycles. The van der Waals surface area contributed by atoms with E-state index in [-0.39, 0.29) is 5.91 Å². The predicted molar refractivity (Wildman–Crippen MR) is 107 cm³/mol. The normalized spacial score (nSPS) is 11.3. The van der Waals surface area contributed by atoms with Crippen LogP contribution in [0.15, 0.2) is 55.1 Å². The van der Waals surface area contributed by atoms with Gasteiger partial charge in [0, 0.05) is 37.4 Å². The van der Waals surface area contributed by atoms with Crippen LogP contribution in [0.1, 0.15) is 41.8 Å². The Hall–Kier alpha value is -3.48. The van der Waals surface area contributed by atoms with Gasteiger partial charge in [-0.3, -0.25) is 14.2 Å². The topological polar surface area (TPSA) is 77.1 Å². The summed E-state index contributed by atoms with van der Waals surface area (Å²) >= 11 is 0. The lowest BCUT2D eigenvalue weighted by molar-refractivity contribution is 0.0948. The molecule has 142 valence electrons. The summed E-state index contributed by atoms with van der Waals surface area (Å²) in [5.41, 5.74) is 2.82. The molecule has 0 spiro atoms. The summed E-state index contributed by atoms with van der Waals surface area (Å²) in [5.74, 6) is 1.35. The molecular weight excluding hydrogens is 352 g/mol. The van der Waals surface area contributed by atoms with E-state index in [1.807, 2.05) is 54.0 Å². The lowest BCUT2D eigenvalue weighted by atomic mass is 10.2. The maximum atomic E-state index is 12.8. The Kier molecular flexibility index (Phi) is 4.65. The van der Waals surface area contributed by atoms with E-state index in [4.69, 9.17) is 0 Å². The number of pyridine rings is 2. The summed E-state index contributed by atoms with van der Waals surface area (Å²) < 4.78 is 4.01. The van der Waals surface area contributed by atoms with Gasteiger partial charge in [-0.05, 0) is 44.5 Å². The van der Waals surface area contributed by atoms with Crippen LogP contribution in [0.2, 0.25) is 0 Å². The maximum absolute atomic E-state index is 12.8. The number of aromatic nitrogens is 5. The Morgan fingerprint density at radius 3 is 2.75 bits per heavy atom. The highest BCUT2D eigenvalue weighted by Gasteiger charge is 2.20. The van der Waals surface area contributed by atoms with E-state index in [9.17, 15) is 4.79 Å². The third-order valence-corrected chi connectivity index (χ3v) is 4.64. The quantitative estimate of drug-likeness (QED) is 0.581. The summed E-state index contributed by atoms with van der Waals surface area (Å²) in [6, 6.07) is 9.78. The van der Waals surface area contributed by atoms with Crippen molar-refractivity contribution in [3.05, 3.63) is 72.2 Å². The number of hydrogen-bond donors (Lipinski definition) is 1. The molecule has 28 heavy (non-hydrogen) atoms. The first-order valence-corrected chi connectivity index (χ1v) is 9.24. The molecule has 0 saturated carbocycles. The monoisotopic (exact) mass is 374 g/mol. The molecule has 4 aromatic heterocycles. The third-order valence-electron chi connectivity index (χ3n) is 4.64. The van der Waals surface area contributed by atoms with Crippen molar-refractivity contribution < 1.29 is 4.79 Å². The molecule has 1 N–H and O–H groups in total. The van der Waals surface area contributed by atoms with Gasteiger partial charge < -0.3 is 9.88 Å². The molecule has 4 aromatic rings. The standard InChI is InChI=1S/C21H22N6O/c1-14(2)27-13-17(24-15(27)3)20-25-19(18-8-4-5-10-26(18)20)21(28)23-12-16-7-6-9-22-11-16/h4-11,13-14H,12H2,1-3H3,(H,23,28). The lowest BCUT2D eigenvalue weighted by Gasteiger charge is -2.07. The molecule has 0 saturated heterocycles. The third kappa shape index (κ3) is 3.26. The zero-order valence-electron chi connectivity index (χ0n) is 16.1. The van der Waals surface area contributed by atoms with E-state index in [0.717, 1.165) is 22.6 Å². The van der Waals surface area contributed by atoms with Crippen LogP contribution in [0.3, 0.4) is 0 Å². The molecule has 0 unspecified atom stereocenters. The molecule has 0 aliphatic rings. The Bertz CT molecular complexity index is 1130. The number of nitrogens with zero attached hydrogens (tertiary/aromatic N) is 5. The van der Waals surface area contributed by atoms with Gasteiger partial charge in [-0.1, -0.05) is 12.1 Å². The molecule has 4 heterocycles. The van der Waals surface area contributed by atoms with Gasteiger partial charge in [0.1, 0.15) is 11.5 Å². The lowest BCUT2D eigenvalue weighted by Crippen LogP contribution is -2.23. The minimum Gasteiger partial charge on any atom is -0.346 e. The highest BCUT2D eigenvalue weighted by atomic mass is 16.1. The van der Waals surface area contributed by atoms with Gasteiger partial charge in [0.25, 0.3) is 5.91 Å². The van der Waals surface area contributed by atoms with Gasteiger partial charge >= 0.3 is 0 Å². The van der Waals surface area contributed by atoms with Crippen molar-refractivity contribution in [2.45, 2.75) is 33.4 Å². The van der Waals surface area contributed by atoms with Gasteiger partial charge in [-0.15, -0.1) is 0 Å². The fraction of sp³-hybridized carbons (Fsp3) is 0.238. The second kappa shape index (κ2) is 7.26. The summed E-state index contributed by atoms with van der Waals surface area (Å²) in [7, 11) is 0. The Morgan fingerprint density at radius 2 is 2.04 bits per heavy atom. The number of nitrogens with one attached hydrogen (secondary N) is 1. The Balaban J connectivity index is 1.70. The van der Waals surface area contributed by atoms with E-state index < -0.39 is 0 Å². The second-order valence-corrected chi connectivity index (χ2v) is 6.96. The van der Waals surface area contributed by atoms with E-state index in [1.165, 1.54) is 0 Å². The number of imidazole rings is 2. The molecule has 0 radical (unpaired) electrons. The average molecular weight is 374 g/mol. The van der Waals surface area contributed by atoms with E-state index in [1.54, 1.807) is 12.4 Å². The van der Waals surface area contributed by atoms with Crippen molar-refractivity contribution in [2.75, 3.05) is 0 Å². The molecule has 7 heteroatoms. The van der Waals surface area contributed by atoms with Crippen LogP contribution in [-0.4, -0.2) is 29.8 Å². The number of aryl methyl sites for hydroxylation is 1. The van der Waals surface area contributed by atoms with Gasteiger partial charge in [0.15, 0.2) is 11.5 Å². The summed E-state index contributed by atoms with van der Waals surface area (Å²) in [6.45, 7) is 6.59.